The van der Waals surface area contributed by atoms with Gasteiger partial charge < -0.3 is 5.11 Å². The number of hydrogen-bond donors (Lipinski definition) is 1. The normalized spacial score (nSPS) is 11.7. The Balaban J connectivity index is 2.92. The highest BCUT2D eigenvalue weighted by Crippen LogP contribution is 2.31. The third kappa shape index (κ3) is 2.70. The summed E-state index contributed by atoms with van der Waals surface area (Å²) < 4.78 is 37.1. The highest BCUT2D eigenvalue weighted by Gasteiger charge is 2.33. The summed E-state index contributed by atoms with van der Waals surface area (Å²) in [5.41, 5.74) is -0.720. The molecule has 0 saturated heterocycles. The molecule has 2 nitrogen and oxygen atoms in total. The average Bonchev–Trinajstić information content (AvgIpc) is 2.14. The second-order valence-corrected chi connectivity index (χ2v) is 2.82. The van der Waals surface area contributed by atoms with Crippen LogP contribution >= 0.6 is 0 Å². The van der Waals surface area contributed by atoms with Crippen molar-refractivity contribution in [3.63, 3.8) is 0 Å². The van der Waals surface area contributed by atoms with E-state index in [4.69, 9.17) is 5.11 Å². The SMILES string of the molecule is OCCCc1ncccc1C(F)(F)F. The van der Waals surface area contributed by atoms with Crippen LogP contribution in [-0.4, -0.2) is 16.7 Å². The van der Waals surface area contributed by atoms with Gasteiger partial charge in [0.1, 0.15) is 0 Å². The van der Waals surface area contributed by atoms with Crippen molar-refractivity contribution in [2.45, 2.75) is 19.0 Å². The van der Waals surface area contributed by atoms with Gasteiger partial charge in [0, 0.05) is 12.8 Å². The minimum Gasteiger partial charge on any atom is -0.396 e. The first kappa shape index (κ1) is 11.0. The summed E-state index contributed by atoms with van der Waals surface area (Å²) in [7, 11) is 0. The van der Waals surface area contributed by atoms with Gasteiger partial charge in [0.05, 0.1) is 11.3 Å². The zero-order valence-electron chi connectivity index (χ0n) is 7.38. The Hall–Kier alpha value is -1.10. The Morgan fingerprint density at radius 3 is 2.64 bits per heavy atom. The monoisotopic (exact) mass is 205 g/mol. The minimum absolute atomic E-state index is 0.00551. The van der Waals surface area contributed by atoms with E-state index in [9.17, 15) is 13.2 Å². The molecule has 1 aromatic heterocycles. The van der Waals surface area contributed by atoms with Crippen LogP contribution in [0, 0.1) is 0 Å². The molecule has 78 valence electrons. The number of hydrogen-bond acceptors (Lipinski definition) is 2. The van der Waals surface area contributed by atoms with E-state index in [0.29, 0.717) is 6.42 Å². The highest BCUT2D eigenvalue weighted by molar-refractivity contribution is 5.22. The van der Waals surface area contributed by atoms with Crippen molar-refractivity contribution >= 4 is 0 Å². The van der Waals surface area contributed by atoms with E-state index in [-0.39, 0.29) is 18.7 Å². The number of aliphatic hydroxyl groups is 1. The lowest BCUT2D eigenvalue weighted by Crippen LogP contribution is -2.10. The lowest BCUT2D eigenvalue weighted by molar-refractivity contribution is -0.138. The summed E-state index contributed by atoms with van der Waals surface area (Å²) in [6.45, 7) is -0.131. The van der Waals surface area contributed by atoms with Crippen molar-refractivity contribution in [1.82, 2.24) is 4.98 Å². The van der Waals surface area contributed by atoms with E-state index in [1.54, 1.807) is 0 Å². The van der Waals surface area contributed by atoms with Crippen LogP contribution in [0.2, 0.25) is 0 Å². The van der Waals surface area contributed by atoms with Gasteiger partial charge >= 0.3 is 6.18 Å². The number of pyridine rings is 1. The van der Waals surface area contributed by atoms with E-state index in [1.165, 1.54) is 12.3 Å². The first-order valence-corrected chi connectivity index (χ1v) is 4.17. The van der Waals surface area contributed by atoms with E-state index in [1.807, 2.05) is 0 Å². The van der Waals surface area contributed by atoms with Crippen LogP contribution < -0.4 is 0 Å². The molecular formula is C9H10F3NO. The molecule has 0 unspecified atom stereocenters. The van der Waals surface area contributed by atoms with Gasteiger partial charge in [-0.25, -0.2) is 0 Å². The zero-order valence-corrected chi connectivity index (χ0v) is 7.38. The molecule has 5 heteroatoms. The molecule has 14 heavy (non-hydrogen) atoms. The summed E-state index contributed by atoms with van der Waals surface area (Å²) >= 11 is 0. The number of aliphatic hydroxyl groups excluding tert-OH is 1. The molecule has 0 radical (unpaired) electrons. The highest BCUT2D eigenvalue weighted by atomic mass is 19.4. The fourth-order valence-corrected chi connectivity index (χ4v) is 1.14. The molecule has 1 rings (SSSR count). The summed E-state index contributed by atoms with van der Waals surface area (Å²) in [5, 5.41) is 8.51. The number of aryl methyl sites for hydroxylation is 1. The number of aromatic nitrogens is 1. The molecule has 0 aromatic carbocycles. The molecule has 0 aliphatic carbocycles. The third-order valence-electron chi connectivity index (χ3n) is 1.77. The van der Waals surface area contributed by atoms with E-state index in [0.717, 1.165) is 6.07 Å². The predicted molar refractivity (Wildman–Crippen MR) is 44.6 cm³/mol. The number of rotatable bonds is 3. The first-order valence-electron chi connectivity index (χ1n) is 4.17. The van der Waals surface area contributed by atoms with E-state index < -0.39 is 11.7 Å². The van der Waals surface area contributed by atoms with Crippen LogP contribution in [0.3, 0.4) is 0 Å². The lowest BCUT2D eigenvalue weighted by atomic mass is 10.1. The largest absolute Gasteiger partial charge is 0.418 e. The molecule has 1 aromatic rings. The molecule has 0 bridgehead atoms. The van der Waals surface area contributed by atoms with Gasteiger partial charge in [0.2, 0.25) is 0 Å². The first-order chi connectivity index (χ1) is 6.55. The molecule has 0 aliphatic rings. The Labute approximate surface area is 79.4 Å². The van der Waals surface area contributed by atoms with Crippen molar-refractivity contribution in [2.75, 3.05) is 6.61 Å². The predicted octanol–water partition coefficient (Wildman–Crippen LogP) is 2.03. The van der Waals surface area contributed by atoms with E-state index in [2.05, 4.69) is 4.98 Å². The van der Waals surface area contributed by atoms with Crippen molar-refractivity contribution in [3.8, 4) is 0 Å². The summed E-state index contributed by atoms with van der Waals surface area (Å²) in [6, 6.07) is 2.25. The van der Waals surface area contributed by atoms with Gasteiger partial charge in [-0.3, -0.25) is 4.98 Å². The third-order valence-corrected chi connectivity index (χ3v) is 1.77. The number of nitrogens with zero attached hydrogens (tertiary/aromatic N) is 1. The van der Waals surface area contributed by atoms with Crippen molar-refractivity contribution < 1.29 is 18.3 Å². The fraction of sp³-hybridized carbons (Fsp3) is 0.444. The minimum atomic E-state index is -4.36. The van der Waals surface area contributed by atoms with Crippen molar-refractivity contribution in [3.05, 3.63) is 29.6 Å². The zero-order chi connectivity index (χ0) is 10.6. The van der Waals surface area contributed by atoms with Crippen molar-refractivity contribution in [2.24, 2.45) is 0 Å². The molecule has 1 N–H and O–H groups in total. The molecule has 0 spiro atoms. The van der Waals surface area contributed by atoms with Crippen LogP contribution in [0.1, 0.15) is 17.7 Å². The summed E-state index contributed by atoms with van der Waals surface area (Å²) in [5.74, 6) is 0. The lowest BCUT2D eigenvalue weighted by Gasteiger charge is -2.10. The Morgan fingerprint density at radius 2 is 2.07 bits per heavy atom. The summed E-state index contributed by atoms with van der Waals surface area (Å²) in [4.78, 5) is 3.65. The molecule has 1 heterocycles. The molecule has 0 atom stereocenters. The maximum atomic E-state index is 12.4. The van der Waals surface area contributed by atoms with Gasteiger partial charge in [-0.05, 0) is 25.0 Å². The van der Waals surface area contributed by atoms with Gasteiger partial charge in [0.25, 0.3) is 0 Å². The van der Waals surface area contributed by atoms with Crippen molar-refractivity contribution in [1.29, 1.82) is 0 Å². The van der Waals surface area contributed by atoms with Crippen LogP contribution in [-0.2, 0) is 12.6 Å². The maximum absolute atomic E-state index is 12.4. The molecule has 0 aliphatic heterocycles. The second kappa shape index (κ2) is 4.41. The van der Waals surface area contributed by atoms with Gasteiger partial charge in [-0.2, -0.15) is 13.2 Å². The van der Waals surface area contributed by atoms with Crippen LogP contribution in [0.15, 0.2) is 18.3 Å². The molecule has 0 fully saturated rings. The van der Waals surface area contributed by atoms with Crippen LogP contribution in [0.5, 0.6) is 0 Å². The number of alkyl halides is 3. The smallest absolute Gasteiger partial charge is 0.396 e. The van der Waals surface area contributed by atoms with Gasteiger partial charge in [-0.15, -0.1) is 0 Å². The quantitative estimate of drug-likeness (QED) is 0.818. The fourth-order valence-electron chi connectivity index (χ4n) is 1.14. The second-order valence-electron chi connectivity index (χ2n) is 2.82. The standard InChI is InChI=1S/C9H10F3NO/c10-9(11,12)7-3-1-5-13-8(7)4-2-6-14/h1,3,5,14H,2,4,6H2. The average molecular weight is 205 g/mol. The topological polar surface area (TPSA) is 33.1 Å². The molecular weight excluding hydrogens is 195 g/mol. The maximum Gasteiger partial charge on any atom is 0.418 e. The van der Waals surface area contributed by atoms with Gasteiger partial charge in [0.15, 0.2) is 0 Å². The summed E-state index contributed by atoms with van der Waals surface area (Å²) in [6.07, 6.45) is -2.60. The molecule has 0 amide bonds. The van der Waals surface area contributed by atoms with Gasteiger partial charge in [-0.1, -0.05) is 0 Å². The number of halogens is 3. The van der Waals surface area contributed by atoms with Crippen LogP contribution in [0.25, 0.3) is 0 Å². The Bertz CT molecular complexity index is 298. The van der Waals surface area contributed by atoms with E-state index >= 15 is 0 Å². The molecule has 0 saturated carbocycles. The van der Waals surface area contributed by atoms with Crippen LogP contribution in [0.4, 0.5) is 13.2 Å². The Morgan fingerprint density at radius 1 is 1.36 bits per heavy atom. The Kier molecular flexibility index (Phi) is 3.46.